The van der Waals surface area contributed by atoms with Gasteiger partial charge in [0.15, 0.2) is 0 Å². The number of ether oxygens (including phenoxy) is 1. The third kappa shape index (κ3) is 1.69. The Kier molecular flexibility index (Phi) is 2.75. The molecule has 1 N–H and O–H groups in total. The van der Waals surface area contributed by atoms with Crippen molar-refractivity contribution in [2.45, 2.75) is 25.4 Å². The highest BCUT2D eigenvalue weighted by Gasteiger charge is 2.42. The van der Waals surface area contributed by atoms with Gasteiger partial charge in [0.1, 0.15) is 0 Å². The molecule has 1 saturated heterocycles. The number of aromatic nitrogens is 2. The highest BCUT2D eigenvalue weighted by Crippen LogP contribution is 2.37. The molecule has 98 valence electrons. The number of aryl methyl sites for hydroxylation is 1. The van der Waals surface area contributed by atoms with Crippen LogP contribution >= 0.6 is 0 Å². The standard InChI is InChI=1S/C13H20N4O/c1-9-10-6-18-8-13(4-5-14-7-13)11(10)16-12(15-9)17(2)3/h14H,4-8H2,1-3H3/t13-/m0/s1. The lowest BCUT2D eigenvalue weighted by Gasteiger charge is -2.34. The van der Waals surface area contributed by atoms with Crippen LogP contribution in [0.1, 0.15) is 23.4 Å². The minimum absolute atomic E-state index is 0.0616. The molecular formula is C13H20N4O. The molecule has 2 aliphatic heterocycles. The Morgan fingerprint density at radius 1 is 1.33 bits per heavy atom. The number of anilines is 1. The van der Waals surface area contributed by atoms with Crippen LogP contribution in [0, 0.1) is 6.92 Å². The van der Waals surface area contributed by atoms with E-state index in [0.29, 0.717) is 6.61 Å². The fourth-order valence-corrected chi connectivity index (χ4v) is 2.88. The number of hydrogen-bond acceptors (Lipinski definition) is 5. The first kappa shape index (κ1) is 11.9. The number of nitrogens with zero attached hydrogens (tertiary/aromatic N) is 3. The second-order valence-corrected chi connectivity index (χ2v) is 5.53. The second-order valence-electron chi connectivity index (χ2n) is 5.53. The SMILES string of the molecule is Cc1nc(N(C)C)nc2c1COC[C@@]21CCNC1. The normalized spacial score (nSPS) is 26.4. The Hall–Kier alpha value is -1.20. The van der Waals surface area contributed by atoms with Crippen molar-refractivity contribution in [1.82, 2.24) is 15.3 Å². The zero-order valence-corrected chi connectivity index (χ0v) is 11.3. The maximum Gasteiger partial charge on any atom is 0.225 e. The lowest BCUT2D eigenvalue weighted by atomic mass is 9.80. The van der Waals surface area contributed by atoms with Crippen molar-refractivity contribution in [3.05, 3.63) is 17.0 Å². The average molecular weight is 248 g/mol. The van der Waals surface area contributed by atoms with Gasteiger partial charge < -0.3 is 15.0 Å². The van der Waals surface area contributed by atoms with Crippen LogP contribution in [0.2, 0.25) is 0 Å². The molecule has 3 heterocycles. The molecule has 0 unspecified atom stereocenters. The van der Waals surface area contributed by atoms with Crippen molar-refractivity contribution in [2.24, 2.45) is 0 Å². The summed E-state index contributed by atoms with van der Waals surface area (Å²) >= 11 is 0. The topological polar surface area (TPSA) is 50.3 Å². The minimum Gasteiger partial charge on any atom is -0.376 e. The molecule has 0 bridgehead atoms. The molecule has 2 aliphatic rings. The summed E-state index contributed by atoms with van der Waals surface area (Å²) in [5.41, 5.74) is 3.51. The quantitative estimate of drug-likeness (QED) is 0.789. The molecule has 0 radical (unpaired) electrons. The van der Waals surface area contributed by atoms with Gasteiger partial charge in [-0.2, -0.15) is 0 Å². The summed E-state index contributed by atoms with van der Waals surface area (Å²) < 4.78 is 5.78. The van der Waals surface area contributed by atoms with E-state index in [1.165, 1.54) is 11.3 Å². The van der Waals surface area contributed by atoms with E-state index in [-0.39, 0.29) is 5.41 Å². The molecule has 18 heavy (non-hydrogen) atoms. The van der Waals surface area contributed by atoms with E-state index < -0.39 is 0 Å². The minimum atomic E-state index is 0.0616. The molecule has 0 aromatic carbocycles. The van der Waals surface area contributed by atoms with Gasteiger partial charge in [0.05, 0.1) is 24.3 Å². The van der Waals surface area contributed by atoms with Gasteiger partial charge in [-0.1, -0.05) is 0 Å². The van der Waals surface area contributed by atoms with Crippen LogP contribution in [0.4, 0.5) is 5.95 Å². The third-order valence-electron chi connectivity index (χ3n) is 3.97. The molecule has 0 aliphatic carbocycles. The van der Waals surface area contributed by atoms with E-state index in [1.807, 2.05) is 19.0 Å². The molecule has 1 aromatic rings. The zero-order chi connectivity index (χ0) is 12.8. The molecule has 3 rings (SSSR count). The maximum absolute atomic E-state index is 5.78. The zero-order valence-electron chi connectivity index (χ0n) is 11.3. The number of rotatable bonds is 1. The lowest BCUT2D eigenvalue weighted by molar-refractivity contribution is 0.0545. The summed E-state index contributed by atoms with van der Waals surface area (Å²) in [4.78, 5) is 11.3. The van der Waals surface area contributed by atoms with E-state index in [9.17, 15) is 0 Å². The van der Waals surface area contributed by atoms with Crippen LogP contribution < -0.4 is 10.2 Å². The van der Waals surface area contributed by atoms with Gasteiger partial charge in [-0.05, 0) is 19.9 Å². The molecule has 0 saturated carbocycles. The average Bonchev–Trinajstić information content (AvgIpc) is 2.79. The highest BCUT2D eigenvalue weighted by molar-refractivity contribution is 5.41. The molecule has 5 nitrogen and oxygen atoms in total. The Morgan fingerprint density at radius 3 is 2.83 bits per heavy atom. The first-order chi connectivity index (χ1) is 8.62. The van der Waals surface area contributed by atoms with Crippen LogP contribution in [-0.4, -0.2) is 43.8 Å². The monoisotopic (exact) mass is 248 g/mol. The van der Waals surface area contributed by atoms with Crippen LogP contribution in [-0.2, 0) is 16.8 Å². The molecule has 1 fully saturated rings. The summed E-state index contributed by atoms with van der Waals surface area (Å²) in [5, 5.41) is 3.44. The summed E-state index contributed by atoms with van der Waals surface area (Å²) in [6.07, 6.45) is 1.10. The first-order valence-corrected chi connectivity index (χ1v) is 6.46. The number of hydrogen-bond donors (Lipinski definition) is 1. The molecule has 0 amide bonds. The van der Waals surface area contributed by atoms with Gasteiger partial charge in [-0.25, -0.2) is 9.97 Å². The van der Waals surface area contributed by atoms with Crippen molar-refractivity contribution in [1.29, 1.82) is 0 Å². The summed E-state index contributed by atoms with van der Waals surface area (Å²) in [5.74, 6) is 0.805. The molecule has 1 spiro atoms. The Labute approximate surface area is 108 Å². The Balaban J connectivity index is 2.14. The van der Waals surface area contributed by atoms with Crippen molar-refractivity contribution >= 4 is 5.95 Å². The number of nitrogens with one attached hydrogen (secondary N) is 1. The highest BCUT2D eigenvalue weighted by atomic mass is 16.5. The van der Waals surface area contributed by atoms with Gasteiger partial charge >= 0.3 is 0 Å². The van der Waals surface area contributed by atoms with Crippen LogP contribution in [0.15, 0.2) is 0 Å². The van der Waals surface area contributed by atoms with Gasteiger partial charge in [0.25, 0.3) is 0 Å². The van der Waals surface area contributed by atoms with E-state index in [0.717, 1.165) is 37.8 Å². The second kappa shape index (κ2) is 4.17. The largest absolute Gasteiger partial charge is 0.376 e. The van der Waals surface area contributed by atoms with Gasteiger partial charge in [-0.3, -0.25) is 0 Å². The first-order valence-electron chi connectivity index (χ1n) is 6.46. The third-order valence-corrected chi connectivity index (χ3v) is 3.97. The van der Waals surface area contributed by atoms with Crippen molar-refractivity contribution in [3.63, 3.8) is 0 Å². The Bertz CT molecular complexity index is 466. The van der Waals surface area contributed by atoms with E-state index in [2.05, 4.69) is 17.2 Å². The molecule has 1 aromatic heterocycles. The van der Waals surface area contributed by atoms with E-state index >= 15 is 0 Å². The predicted molar refractivity (Wildman–Crippen MR) is 69.9 cm³/mol. The van der Waals surface area contributed by atoms with Crippen molar-refractivity contribution in [2.75, 3.05) is 38.7 Å². The van der Waals surface area contributed by atoms with E-state index in [1.54, 1.807) is 0 Å². The molecule has 1 atom stereocenters. The van der Waals surface area contributed by atoms with Crippen LogP contribution in [0.3, 0.4) is 0 Å². The van der Waals surface area contributed by atoms with Gasteiger partial charge in [0, 0.05) is 31.9 Å². The van der Waals surface area contributed by atoms with Crippen LogP contribution in [0.5, 0.6) is 0 Å². The Morgan fingerprint density at radius 2 is 2.17 bits per heavy atom. The smallest absolute Gasteiger partial charge is 0.225 e. The maximum atomic E-state index is 5.78. The van der Waals surface area contributed by atoms with Crippen LogP contribution in [0.25, 0.3) is 0 Å². The summed E-state index contributed by atoms with van der Waals surface area (Å²) in [6, 6.07) is 0. The van der Waals surface area contributed by atoms with Gasteiger partial charge in [0.2, 0.25) is 5.95 Å². The van der Waals surface area contributed by atoms with E-state index in [4.69, 9.17) is 9.72 Å². The van der Waals surface area contributed by atoms with Gasteiger partial charge in [-0.15, -0.1) is 0 Å². The number of fused-ring (bicyclic) bond motifs is 2. The van der Waals surface area contributed by atoms with Crippen molar-refractivity contribution < 1.29 is 4.74 Å². The lowest BCUT2D eigenvalue weighted by Crippen LogP contribution is -2.40. The summed E-state index contributed by atoms with van der Waals surface area (Å²) in [6.45, 7) is 5.48. The molecule has 5 heteroatoms. The fraction of sp³-hybridized carbons (Fsp3) is 0.692. The predicted octanol–water partition coefficient (Wildman–Crippen LogP) is 0.612. The molecular weight excluding hydrogens is 228 g/mol. The summed E-state index contributed by atoms with van der Waals surface area (Å²) in [7, 11) is 3.97. The fourth-order valence-electron chi connectivity index (χ4n) is 2.88. The van der Waals surface area contributed by atoms with Crippen molar-refractivity contribution in [3.8, 4) is 0 Å².